The lowest BCUT2D eigenvalue weighted by molar-refractivity contribution is -0.106. The van der Waals surface area contributed by atoms with Crippen LogP contribution in [0.15, 0.2) is 28.1 Å². The Morgan fingerprint density at radius 1 is 0.889 bits per heavy atom. The van der Waals surface area contributed by atoms with Gasteiger partial charge in [0.15, 0.2) is 11.5 Å². The van der Waals surface area contributed by atoms with E-state index in [0.717, 1.165) is 24.9 Å². The number of nitrogens with two attached hydrogens (primary N) is 3. The van der Waals surface area contributed by atoms with Gasteiger partial charge in [-0.25, -0.2) is 25.4 Å². The van der Waals surface area contributed by atoms with Crippen molar-refractivity contribution < 1.29 is 73.5 Å². The summed E-state index contributed by atoms with van der Waals surface area (Å²) in [6.07, 6.45) is -4.11. The zero-order valence-corrected chi connectivity index (χ0v) is 26.2. The molecule has 2 heterocycles. The van der Waals surface area contributed by atoms with E-state index < -0.39 is 94.2 Å². The van der Waals surface area contributed by atoms with Gasteiger partial charge in [0, 0.05) is 24.5 Å². The molecule has 17 N–H and O–H groups in total. The molecule has 45 heavy (non-hydrogen) atoms. The fraction of sp³-hybridized carbons (Fsp3) is 0.682. The van der Waals surface area contributed by atoms with Crippen molar-refractivity contribution in [2.45, 2.75) is 62.6 Å². The topological polar surface area (TPSA) is 407 Å². The smallest absolute Gasteiger partial charge is 0.390 e. The molecule has 0 aromatic rings. The molecule has 0 spiro atoms. The lowest BCUT2D eigenvalue weighted by Gasteiger charge is -2.37. The molecule has 0 aromatic carbocycles. The summed E-state index contributed by atoms with van der Waals surface area (Å²) in [5.74, 6) is -1.18. The molecule has 11 atom stereocenters. The van der Waals surface area contributed by atoms with Gasteiger partial charge in [-0.1, -0.05) is 13.8 Å². The molecule has 0 amide bonds. The number of carbonyl (C=O) groups excluding carboxylic acids is 2. The van der Waals surface area contributed by atoms with Gasteiger partial charge in [-0.2, -0.15) is 0 Å². The zero-order valence-electron chi connectivity index (χ0n) is 24.4. The molecule has 1 unspecified atom stereocenters. The van der Waals surface area contributed by atoms with E-state index in [-0.39, 0.29) is 11.5 Å². The lowest BCUT2D eigenvalue weighted by Crippen LogP contribution is -2.50. The van der Waals surface area contributed by atoms with Crippen molar-refractivity contribution >= 4 is 33.1 Å². The van der Waals surface area contributed by atoms with Crippen LogP contribution in [0.2, 0.25) is 0 Å². The molecule has 23 heteroatoms. The second-order valence-corrected chi connectivity index (χ2v) is 13.4. The number of rotatable bonds is 9. The standard InChI is InChI=1S/C11H22N3O6P.C9H18NO7P.2CHNO/c1-5-6(14-11(12)13)3-8(21(2,18)19)20-10(5)9(17)7(16)4-15;1-4-5(10)2-7(18(14,15)16)17-9(4)8(13)6(12)3-11;2*2-1-3/h3,5-7,9-10,15-17H,4H2,1-2H3,(H,18,19)(H4,12,13,14);2,4-6,8-9,11-13H,3,10H2,1H3,(H2,14,15,16);2*2H/t5-,6+,7-,9-,10-;4-,5+,6-,8-,9-;;/m11../s1. The van der Waals surface area contributed by atoms with Crippen LogP contribution in [0.1, 0.15) is 13.8 Å². The maximum Gasteiger partial charge on any atom is 0.390 e. The normalized spacial score (nSPS) is 27.9. The fourth-order valence-corrected chi connectivity index (χ4v) is 5.12. The lowest BCUT2D eigenvalue weighted by atomic mass is 9.89. The molecule has 21 nitrogen and oxygen atoms in total. The van der Waals surface area contributed by atoms with E-state index >= 15 is 0 Å². The number of nitrogens with one attached hydrogen (secondary N) is 2. The molecule has 2 aliphatic rings. The van der Waals surface area contributed by atoms with Gasteiger partial charge in [-0.3, -0.25) is 9.13 Å². The first-order chi connectivity index (χ1) is 20.6. The highest BCUT2D eigenvalue weighted by Gasteiger charge is 2.43. The maximum absolute atomic E-state index is 11.8. The molecule has 0 saturated heterocycles. The third-order valence-corrected chi connectivity index (χ3v) is 8.08. The van der Waals surface area contributed by atoms with E-state index in [4.69, 9.17) is 67.1 Å². The third kappa shape index (κ3) is 14.9. The largest absolute Gasteiger partial charge is 0.481 e. The number of aliphatic hydroxyl groups is 6. The highest BCUT2D eigenvalue weighted by molar-refractivity contribution is 7.61. The zero-order chi connectivity index (χ0) is 35.9. The Kier molecular flexibility index (Phi) is 20.0. The van der Waals surface area contributed by atoms with Crippen molar-refractivity contribution in [1.29, 1.82) is 10.8 Å². The molecular weight excluding hydrogens is 650 g/mol. The van der Waals surface area contributed by atoms with Gasteiger partial charge in [0.25, 0.3) is 7.37 Å². The van der Waals surface area contributed by atoms with E-state index in [1.165, 1.54) is 6.08 Å². The Labute approximate surface area is 257 Å². The molecule has 0 aromatic heterocycles. The average Bonchev–Trinajstić information content (AvgIpc) is 2.93. The van der Waals surface area contributed by atoms with Crippen LogP contribution in [0.3, 0.4) is 0 Å². The summed E-state index contributed by atoms with van der Waals surface area (Å²) in [5.41, 5.74) is 15.5. The van der Waals surface area contributed by atoms with Crippen molar-refractivity contribution in [2.75, 3.05) is 19.9 Å². The molecular formula is C22H42N6O15P2. The van der Waals surface area contributed by atoms with Crippen molar-refractivity contribution in [3.63, 3.8) is 0 Å². The fourth-order valence-electron chi connectivity index (χ4n) is 3.74. The van der Waals surface area contributed by atoms with Crippen LogP contribution in [0.4, 0.5) is 0 Å². The van der Waals surface area contributed by atoms with E-state index in [0.29, 0.717) is 0 Å². The van der Waals surface area contributed by atoms with Crippen molar-refractivity contribution in [3.8, 4) is 0 Å². The minimum absolute atomic E-state index is 0.218. The summed E-state index contributed by atoms with van der Waals surface area (Å²) >= 11 is 0. The number of aliphatic imine (C=N–C) groups is 1. The van der Waals surface area contributed by atoms with Crippen LogP contribution in [0.25, 0.3) is 0 Å². The van der Waals surface area contributed by atoms with E-state index in [1.54, 1.807) is 13.8 Å². The van der Waals surface area contributed by atoms with E-state index in [2.05, 4.69) is 4.99 Å². The summed E-state index contributed by atoms with van der Waals surface area (Å²) in [4.78, 5) is 48.3. The van der Waals surface area contributed by atoms with Crippen LogP contribution in [-0.2, 0) is 28.2 Å². The molecule has 0 fully saturated rings. The molecule has 260 valence electrons. The predicted molar refractivity (Wildman–Crippen MR) is 155 cm³/mol. The first-order valence-corrected chi connectivity index (χ1v) is 16.3. The Morgan fingerprint density at radius 3 is 1.60 bits per heavy atom. The van der Waals surface area contributed by atoms with Crippen LogP contribution in [0, 0.1) is 22.7 Å². The minimum Gasteiger partial charge on any atom is -0.481 e. The summed E-state index contributed by atoms with van der Waals surface area (Å²) in [7, 11) is -8.35. The number of hydrogen-bond acceptors (Lipinski definition) is 16. The Hall–Kier alpha value is -2.83. The third-order valence-electron chi connectivity index (χ3n) is 6.17. The molecule has 0 aliphatic carbocycles. The molecule has 0 saturated carbocycles. The van der Waals surface area contributed by atoms with E-state index in [9.17, 15) is 34.4 Å². The minimum atomic E-state index is -4.62. The van der Waals surface area contributed by atoms with Gasteiger partial charge < -0.3 is 72.0 Å². The number of aliphatic hydroxyl groups excluding tert-OH is 6. The Morgan fingerprint density at radius 2 is 1.27 bits per heavy atom. The first-order valence-electron chi connectivity index (χ1n) is 12.6. The quantitative estimate of drug-likeness (QED) is 0.0473. The van der Waals surface area contributed by atoms with Crippen molar-refractivity contribution in [3.05, 3.63) is 23.2 Å². The SMILES string of the molecule is C[C@H]1[C@H]([C@H](O)[C@H](O)CO)OC(P(=O)(O)O)=C[C@@H]1N.C[C@H]1[C@H]([C@H](O)[C@H](O)CO)OC(P(C)(=O)O)=C[C@@H]1N=C(N)N.N=C=O.N=C=O. The first kappa shape index (κ1) is 44.3. The molecule has 2 aliphatic heterocycles. The van der Waals surface area contributed by atoms with Crippen molar-refractivity contribution in [1.82, 2.24) is 0 Å². The van der Waals surface area contributed by atoms with Crippen LogP contribution >= 0.6 is 15.0 Å². The summed E-state index contributed by atoms with van der Waals surface area (Å²) < 4.78 is 33.2. The van der Waals surface area contributed by atoms with Crippen LogP contribution in [-0.4, -0.2) is 132 Å². The van der Waals surface area contributed by atoms with E-state index in [1.807, 2.05) is 0 Å². The Balaban J connectivity index is 0. The molecule has 0 bridgehead atoms. The average molecular weight is 693 g/mol. The summed E-state index contributed by atoms with van der Waals surface area (Å²) in [6, 6.07) is -1.42. The van der Waals surface area contributed by atoms with Crippen molar-refractivity contribution in [2.24, 2.45) is 34.0 Å². The second kappa shape index (κ2) is 20.3. The predicted octanol–water partition coefficient (Wildman–Crippen LogP) is -4.00. The number of guanidine groups is 1. The number of hydrogen-bond donors (Lipinski definition) is 14. The Bertz CT molecular complexity index is 1160. The van der Waals surface area contributed by atoms with Gasteiger partial charge >= 0.3 is 7.60 Å². The van der Waals surface area contributed by atoms with Gasteiger partial charge in [0.1, 0.15) is 36.6 Å². The second-order valence-electron chi connectivity index (χ2n) is 9.62. The highest BCUT2D eigenvalue weighted by atomic mass is 31.2. The maximum atomic E-state index is 11.8. The highest BCUT2D eigenvalue weighted by Crippen LogP contribution is 2.50. The summed E-state index contributed by atoms with van der Waals surface area (Å²) in [6.45, 7) is 2.96. The van der Waals surface area contributed by atoms with Gasteiger partial charge in [-0.05, 0) is 12.2 Å². The summed E-state index contributed by atoms with van der Waals surface area (Å²) in [5, 5.41) is 67.1. The van der Waals surface area contributed by atoms with Gasteiger partial charge in [-0.15, -0.1) is 0 Å². The van der Waals surface area contributed by atoms with Crippen LogP contribution in [0.5, 0.6) is 0 Å². The van der Waals surface area contributed by atoms with Gasteiger partial charge in [0.05, 0.1) is 19.3 Å². The number of isocyanates is 2. The monoisotopic (exact) mass is 692 g/mol. The number of ether oxygens (including phenoxy) is 2. The van der Waals surface area contributed by atoms with Crippen LogP contribution < -0.4 is 17.2 Å². The molecule has 0 radical (unpaired) electrons. The van der Waals surface area contributed by atoms with Gasteiger partial charge in [0.2, 0.25) is 17.7 Å². The molecule has 2 rings (SSSR count). The number of nitrogens with zero attached hydrogens (tertiary/aromatic N) is 1.